The quantitative estimate of drug-likeness (QED) is 0.168. The Bertz CT molecular complexity index is 1530. The van der Waals surface area contributed by atoms with Gasteiger partial charge in [-0.25, -0.2) is 4.99 Å². The maximum Gasteiger partial charge on any atom is 0.142 e. The predicted octanol–water partition coefficient (Wildman–Crippen LogP) is 9.40. The number of pyridine rings is 1. The monoisotopic (exact) mass is 596 g/mol. The van der Waals surface area contributed by atoms with Crippen molar-refractivity contribution in [1.82, 2.24) is 15.6 Å². The summed E-state index contributed by atoms with van der Waals surface area (Å²) in [5, 5.41) is 7.88. The standard InChI is InChI=1S/C38H52N4O2/c1-11-19-43-33-21-32-20-30(17-18-35(32)40-22-33)34-23-41-38(42-37(39-10)27(7)13-3)36(34)29(9)44-24-31(25(4)5)16-14-15-28(8)26(6)12-2/h14-18,20-23,26,39H,11-13,19,24H2,1-10H3,(H,41,42)/b16-14-,28-15+,36-29+,37-27+. The zero-order valence-electron chi connectivity index (χ0n) is 28.5. The maximum absolute atomic E-state index is 6.53. The summed E-state index contributed by atoms with van der Waals surface area (Å²) in [6.45, 7) is 20.5. The molecule has 0 bridgehead atoms. The van der Waals surface area contributed by atoms with Crippen LogP contribution in [0.4, 0.5) is 0 Å². The number of hydrogen-bond donors (Lipinski definition) is 2. The van der Waals surface area contributed by atoms with E-state index in [9.17, 15) is 0 Å². The minimum Gasteiger partial charge on any atom is -0.493 e. The Labute approximate surface area is 265 Å². The van der Waals surface area contributed by atoms with Crippen LogP contribution in [-0.4, -0.2) is 31.1 Å². The van der Waals surface area contributed by atoms with Gasteiger partial charge in [-0.05, 0) is 94.7 Å². The average molecular weight is 597 g/mol. The van der Waals surface area contributed by atoms with E-state index in [1.807, 2.05) is 20.2 Å². The second-order valence-electron chi connectivity index (χ2n) is 11.7. The number of amidine groups is 1. The third kappa shape index (κ3) is 8.98. The van der Waals surface area contributed by atoms with Crippen LogP contribution in [-0.2, 0) is 4.74 Å². The topological polar surface area (TPSA) is 67.8 Å². The Morgan fingerprint density at radius 2 is 1.82 bits per heavy atom. The van der Waals surface area contributed by atoms with Gasteiger partial charge >= 0.3 is 0 Å². The number of fused-ring (bicyclic) bond motifs is 1. The summed E-state index contributed by atoms with van der Waals surface area (Å²) in [6, 6.07) is 8.36. The first-order chi connectivity index (χ1) is 21.1. The Balaban J connectivity index is 1.99. The minimum absolute atomic E-state index is 0.466. The molecule has 6 heteroatoms. The molecule has 0 aliphatic carbocycles. The lowest BCUT2D eigenvalue weighted by Gasteiger charge is -2.19. The molecule has 0 spiro atoms. The van der Waals surface area contributed by atoms with Crippen molar-refractivity contribution in [1.29, 1.82) is 0 Å². The van der Waals surface area contributed by atoms with Crippen molar-refractivity contribution in [3.63, 3.8) is 0 Å². The molecule has 1 unspecified atom stereocenters. The van der Waals surface area contributed by atoms with E-state index in [4.69, 9.17) is 14.5 Å². The minimum atomic E-state index is 0.466. The first-order valence-electron chi connectivity index (χ1n) is 15.9. The molecule has 2 heterocycles. The normalized spacial score (nSPS) is 15.9. The summed E-state index contributed by atoms with van der Waals surface area (Å²) in [7, 11) is 1.93. The van der Waals surface area contributed by atoms with E-state index in [1.54, 1.807) is 6.20 Å². The molecular weight excluding hydrogens is 544 g/mol. The first-order valence-corrected chi connectivity index (χ1v) is 15.9. The number of nitrogens with zero attached hydrogens (tertiary/aromatic N) is 2. The lowest BCUT2D eigenvalue weighted by Crippen LogP contribution is -2.31. The van der Waals surface area contributed by atoms with Crippen LogP contribution in [0.2, 0.25) is 0 Å². The van der Waals surface area contributed by atoms with Gasteiger partial charge in [0.05, 0.1) is 23.9 Å². The highest BCUT2D eigenvalue weighted by atomic mass is 16.5. The van der Waals surface area contributed by atoms with Crippen LogP contribution in [0.25, 0.3) is 16.5 Å². The molecule has 0 radical (unpaired) electrons. The van der Waals surface area contributed by atoms with Crippen molar-refractivity contribution in [2.75, 3.05) is 20.3 Å². The van der Waals surface area contributed by atoms with Crippen molar-refractivity contribution < 1.29 is 9.47 Å². The maximum atomic E-state index is 6.53. The second-order valence-corrected chi connectivity index (χ2v) is 11.7. The third-order valence-electron chi connectivity index (χ3n) is 8.20. The fourth-order valence-electron chi connectivity index (χ4n) is 4.73. The molecule has 236 valence electrons. The van der Waals surface area contributed by atoms with Crippen molar-refractivity contribution in [2.24, 2.45) is 10.9 Å². The zero-order chi connectivity index (χ0) is 32.2. The summed E-state index contributed by atoms with van der Waals surface area (Å²) in [5.41, 5.74) is 8.89. The first kappa shape index (κ1) is 34.4. The van der Waals surface area contributed by atoms with Crippen molar-refractivity contribution in [3.8, 4) is 5.75 Å². The molecule has 6 nitrogen and oxygen atoms in total. The van der Waals surface area contributed by atoms with E-state index >= 15 is 0 Å². The van der Waals surface area contributed by atoms with Gasteiger partial charge in [0, 0.05) is 24.2 Å². The van der Waals surface area contributed by atoms with Gasteiger partial charge in [-0.15, -0.1) is 0 Å². The number of ether oxygens (including phenoxy) is 2. The van der Waals surface area contributed by atoms with Gasteiger partial charge in [-0.2, -0.15) is 0 Å². The third-order valence-corrected chi connectivity index (χ3v) is 8.20. The fraction of sp³-hybridized carbons (Fsp3) is 0.421. The van der Waals surface area contributed by atoms with Crippen LogP contribution in [0.15, 0.2) is 99.3 Å². The molecule has 3 rings (SSSR count). The van der Waals surface area contributed by atoms with E-state index in [0.29, 0.717) is 19.1 Å². The SMILES string of the molecule is CCCOc1cnc2ccc(C3=CN=C(N/C(NC)=C(\C)CC)/C3=C(\C)OCC(/C=C\C=C(/C)C(C)CC)=C(C)C)cc2c1. The second kappa shape index (κ2) is 16.7. The van der Waals surface area contributed by atoms with E-state index in [2.05, 4.69) is 114 Å². The molecule has 1 atom stereocenters. The molecular formula is C38H52N4O2. The summed E-state index contributed by atoms with van der Waals surface area (Å²) in [4.78, 5) is 9.46. The smallest absolute Gasteiger partial charge is 0.142 e. The van der Waals surface area contributed by atoms with E-state index in [0.717, 1.165) is 75.6 Å². The number of benzene rings is 1. The Hall–Kier alpha value is -4.06. The molecule has 0 amide bonds. The number of aromatic nitrogens is 1. The van der Waals surface area contributed by atoms with E-state index < -0.39 is 0 Å². The summed E-state index contributed by atoms with van der Waals surface area (Å²) in [5.74, 6) is 3.87. The Morgan fingerprint density at radius 3 is 2.48 bits per heavy atom. The highest BCUT2D eigenvalue weighted by molar-refractivity contribution is 6.16. The molecule has 2 N–H and O–H groups in total. The van der Waals surface area contributed by atoms with Gasteiger partial charge in [0.15, 0.2) is 0 Å². The summed E-state index contributed by atoms with van der Waals surface area (Å²) < 4.78 is 12.4. The van der Waals surface area contributed by atoms with Gasteiger partial charge in [0.2, 0.25) is 0 Å². The van der Waals surface area contributed by atoms with Gasteiger partial charge in [-0.1, -0.05) is 63.1 Å². The lowest BCUT2D eigenvalue weighted by atomic mass is 9.96. The van der Waals surface area contributed by atoms with Crippen molar-refractivity contribution >= 4 is 22.3 Å². The molecule has 1 aromatic carbocycles. The van der Waals surface area contributed by atoms with Crippen molar-refractivity contribution in [3.05, 3.63) is 99.9 Å². The number of rotatable bonds is 14. The average Bonchev–Trinajstić information content (AvgIpc) is 3.46. The van der Waals surface area contributed by atoms with E-state index in [-0.39, 0.29) is 0 Å². The number of aliphatic imine (C=N–C) groups is 1. The predicted molar refractivity (Wildman–Crippen MR) is 188 cm³/mol. The molecule has 0 saturated carbocycles. The van der Waals surface area contributed by atoms with Gasteiger partial charge < -0.3 is 20.1 Å². The van der Waals surface area contributed by atoms with Crippen LogP contribution < -0.4 is 15.4 Å². The number of allylic oxidation sites excluding steroid dienone is 6. The Morgan fingerprint density at radius 1 is 1.05 bits per heavy atom. The largest absolute Gasteiger partial charge is 0.493 e. The van der Waals surface area contributed by atoms with Crippen LogP contribution in [0.3, 0.4) is 0 Å². The Kier molecular flexibility index (Phi) is 13.1. The van der Waals surface area contributed by atoms with Crippen molar-refractivity contribution in [2.45, 2.75) is 81.6 Å². The van der Waals surface area contributed by atoms with E-state index in [1.165, 1.54) is 16.7 Å². The molecule has 44 heavy (non-hydrogen) atoms. The van der Waals surface area contributed by atoms with Gasteiger partial charge in [0.1, 0.15) is 29.8 Å². The number of hydrogen-bond acceptors (Lipinski definition) is 6. The summed E-state index contributed by atoms with van der Waals surface area (Å²) >= 11 is 0. The van der Waals surface area contributed by atoms with Gasteiger partial charge in [0.25, 0.3) is 0 Å². The highest BCUT2D eigenvalue weighted by Crippen LogP contribution is 2.34. The van der Waals surface area contributed by atoms with Crippen LogP contribution in [0.1, 0.15) is 87.1 Å². The molecule has 0 saturated heterocycles. The highest BCUT2D eigenvalue weighted by Gasteiger charge is 2.24. The molecule has 0 fully saturated rings. The lowest BCUT2D eigenvalue weighted by molar-refractivity contribution is 0.242. The van der Waals surface area contributed by atoms with Crippen LogP contribution in [0.5, 0.6) is 5.75 Å². The van der Waals surface area contributed by atoms with Crippen LogP contribution >= 0.6 is 0 Å². The van der Waals surface area contributed by atoms with Gasteiger partial charge in [-0.3, -0.25) is 4.98 Å². The zero-order valence-corrected chi connectivity index (χ0v) is 28.5. The number of nitrogens with one attached hydrogen (secondary N) is 2. The molecule has 1 aliphatic heterocycles. The fourth-order valence-corrected chi connectivity index (χ4v) is 4.73. The molecule has 1 aliphatic rings. The molecule has 2 aromatic rings. The summed E-state index contributed by atoms with van der Waals surface area (Å²) in [6.07, 6.45) is 13.2. The molecule has 1 aromatic heterocycles. The van der Waals surface area contributed by atoms with Crippen LogP contribution in [0, 0.1) is 5.92 Å².